The summed E-state index contributed by atoms with van der Waals surface area (Å²) < 4.78 is 0.778. The first-order valence-corrected chi connectivity index (χ1v) is 7.96. The van der Waals surface area contributed by atoms with Gasteiger partial charge in [0.15, 0.2) is 0 Å². The molecule has 1 aromatic rings. The molecule has 0 saturated carbocycles. The molecule has 1 aromatic heterocycles. The Labute approximate surface area is 126 Å². The van der Waals surface area contributed by atoms with Gasteiger partial charge >= 0.3 is 0 Å². The normalized spacial score (nSPS) is 15.7. The van der Waals surface area contributed by atoms with Crippen molar-refractivity contribution in [3.8, 4) is 0 Å². The van der Waals surface area contributed by atoms with Gasteiger partial charge in [0.05, 0.1) is 12.4 Å². The van der Waals surface area contributed by atoms with Crippen LogP contribution in [0.4, 0.5) is 5.82 Å². The van der Waals surface area contributed by atoms with Crippen LogP contribution in [-0.4, -0.2) is 41.0 Å². The largest absolute Gasteiger partial charge is 0.366 e. The van der Waals surface area contributed by atoms with Crippen LogP contribution in [-0.2, 0) is 0 Å². The molecular weight excluding hydrogens is 304 g/mol. The molecule has 2 rings (SSSR count). The van der Waals surface area contributed by atoms with Crippen molar-refractivity contribution in [1.29, 1.82) is 0 Å². The molecule has 1 fully saturated rings. The van der Waals surface area contributed by atoms with Crippen LogP contribution in [0.25, 0.3) is 0 Å². The number of rotatable bonds is 2. The molecular formula is C14H27BrN4. The summed E-state index contributed by atoms with van der Waals surface area (Å²) in [6, 6.07) is 0.532. The average molecular weight is 331 g/mol. The number of anilines is 1. The van der Waals surface area contributed by atoms with E-state index >= 15 is 0 Å². The van der Waals surface area contributed by atoms with Crippen LogP contribution in [0.5, 0.6) is 0 Å². The number of nitrogens with one attached hydrogen (secondary N) is 1. The second-order valence-corrected chi connectivity index (χ2v) is 4.76. The average Bonchev–Trinajstić information content (AvgIpc) is 2.46. The Kier molecular flexibility index (Phi) is 10.8. The summed E-state index contributed by atoms with van der Waals surface area (Å²) in [4.78, 5) is 10.8. The van der Waals surface area contributed by atoms with Gasteiger partial charge in [-0.25, -0.2) is 4.98 Å². The molecule has 0 aliphatic carbocycles. The van der Waals surface area contributed by atoms with Crippen LogP contribution in [0.3, 0.4) is 0 Å². The zero-order valence-electron chi connectivity index (χ0n) is 12.8. The predicted molar refractivity (Wildman–Crippen MR) is 86.6 cm³/mol. The zero-order chi connectivity index (χ0) is 14.7. The molecule has 0 amide bonds. The van der Waals surface area contributed by atoms with Crippen LogP contribution >= 0.6 is 15.9 Å². The second kappa shape index (κ2) is 11.2. The molecule has 0 spiro atoms. The number of halogens is 1. The van der Waals surface area contributed by atoms with Crippen molar-refractivity contribution in [2.45, 2.75) is 46.6 Å². The lowest BCUT2D eigenvalue weighted by Crippen LogP contribution is -2.36. The van der Waals surface area contributed by atoms with E-state index in [2.05, 4.69) is 43.2 Å². The Morgan fingerprint density at radius 1 is 1.16 bits per heavy atom. The van der Waals surface area contributed by atoms with Gasteiger partial charge in [0.1, 0.15) is 10.4 Å². The number of hydrogen-bond donors (Lipinski definition) is 1. The molecule has 1 aliphatic heterocycles. The fraction of sp³-hybridized carbons (Fsp3) is 0.714. The minimum atomic E-state index is 0.532. The summed E-state index contributed by atoms with van der Waals surface area (Å²) in [6.45, 7) is 10.3. The summed E-state index contributed by atoms with van der Waals surface area (Å²) in [7, 11) is 2.16. The van der Waals surface area contributed by atoms with Crippen molar-refractivity contribution in [2.24, 2.45) is 0 Å². The van der Waals surface area contributed by atoms with Crippen molar-refractivity contribution in [2.75, 3.05) is 25.5 Å². The van der Waals surface area contributed by atoms with Gasteiger partial charge in [0.25, 0.3) is 0 Å². The van der Waals surface area contributed by atoms with Crippen molar-refractivity contribution < 1.29 is 0 Å². The Bertz CT molecular complexity index is 325. The van der Waals surface area contributed by atoms with Crippen LogP contribution in [0.2, 0.25) is 0 Å². The molecule has 19 heavy (non-hydrogen) atoms. The maximum atomic E-state index is 4.32. The third kappa shape index (κ3) is 7.47. The molecule has 5 heteroatoms. The zero-order valence-corrected chi connectivity index (χ0v) is 14.4. The number of aromatic nitrogens is 2. The quantitative estimate of drug-likeness (QED) is 0.895. The minimum Gasteiger partial charge on any atom is -0.366 e. The van der Waals surface area contributed by atoms with Crippen molar-refractivity contribution in [3.63, 3.8) is 0 Å². The highest BCUT2D eigenvalue weighted by Crippen LogP contribution is 2.14. The van der Waals surface area contributed by atoms with E-state index in [0.29, 0.717) is 6.04 Å². The lowest BCUT2D eigenvalue weighted by Gasteiger charge is -2.29. The molecule has 1 N–H and O–H groups in total. The molecule has 1 saturated heterocycles. The van der Waals surface area contributed by atoms with Gasteiger partial charge in [-0.1, -0.05) is 27.7 Å². The minimum absolute atomic E-state index is 0.532. The molecule has 110 valence electrons. The number of likely N-dealkylation sites (tertiary alicyclic amines) is 1. The molecule has 0 radical (unpaired) electrons. The smallest absolute Gasteiger partial charge is 0.146 e. The summed E-state index contributed by atoms with van der Waals surface area (Å²) in [5, 5.41) is 3.41. The molecule has 1 aliphatic rings. The van der Waals surface area contributed by atoms with Gasteiger partial charge < -0.3 is 10.2 Å². The first kappa shape index (κ1) is 18.3. The summed E-state index contributed by atoms with van der Waals surface area (Å²) in [5.41, 5.74) is 0. The van der Waals surface area contributed by atoms with Crippen LogP contribution in [0.1, 0.15) is 40.5 Å². The first-order valence-electron chi connectivity index (χ1n) is 7.16. The number of piperidine rings is 1. The molecule has 2 heterocycles. The Morgan fingerprint density at radius 2 is 1.74 bits per heavy atom. The highest BCUT2D eigenvalue weighted by Gasteiger charge is 2.16. The highest BCUT2D eigenvalue weighted by atomic mass is 79.9. The molecule has 0 unspecified atom stereocenters. The fourth-order valence-corrected chi connectivity index (χ4v) is 2.08. The first-order chi connectivity index (χ1) is 9.24. The lowest BCUT2D eigenvalue weighted by atomic mass is 10.1. The van der Waals surface area contributed by atoms with E-state index in [1.54, 1.807) is 12.4 Å². The van der Waals surface area contributed by atoms with Gasteiger partial charge in [0.2, 0.25) is 0 Å². The van der Waals surface area contributed by atoms with Crippen LogP contribution < -0.4 is 5.32 Å². The summed E-state index contributed by atoms with van der Waals surface area (Å²) in [6.07, 6.45) is 5.80. The van der Waals surface area contributed by atoms with Crippen LogP contribution in [0, 0.1) is 0 Å². The Hall–Kier alpha value is -0.680. The van der Waals surface area contributed by atoms with E-state index in [4.69, 9.17) is 0 Å². The lowest BCUT2D eigenvalue weighted by molar-refractivity contribution is 0.263. The van der Waals surface area contributed by atoms with Gasteiger partial charge in [-0.3, -0.25) is 4.98 Å². The molecule has 0 atom stereocenters. The molecule has 0 aromatic carbocycles. The van der Waals surface area contributed by atoms with E-state index in [9.17, 15) is 0 Å². The van der Waals surface area contributed by atoms with E-state index in [1.807, 2.05) is 27.7 Å². The monoisotopic (exact) mass is 330 g/mol. The van der Waals surface area contributed by atoms with E-state index in [0.717, 1.165) is 23.5 Å². The van der Waals surface area contributed by atoms with E-state index < -0.39 is 0 Å². The van der Waals surface area contributed by atoms with Crippen molar-refractivity contribution in [1.82, 2.24) is 14.9 Å². The standard InChI is InChI=1S/C10H15BrN4.2C2H6/c1-15-4-2-8(3-5-15)13-10-7-12-6-9(11)14-10;2*1-2/h6-8H,2-5H2,1H3,(H,13,14);2*1-2H3. The topological polar surface area (TPSA) is 41.0 Å². The predicted octanol–water partition coefficient (Wildman–Crippen LogP) is 3.80. The van der Waals surface area contributed by atoms with Gasteiger partial charge in [-0.15, -0.1) is 0 Å². The van der Waals surface area contributed by atoms with Crippen molar-refractivity contribution >= 4 is 21.7 Å². The summed E-state index contributed by atoms with van der Waals surface area (Å²) >= 11 is 3.31. The third-order valence-electron chi connectivity index (χ3n) is 2.68. The van der Waals surface area contributed by atoms with Crippen molar-refractivity contribution in [3.05, 3.63) is 17.0 Å². The van der Waals surface area contributed by atoms with Gasteiger partial charge in [0, 0.05) is 6.04 Å². The SMILES string of the molecule is CC.CC.CN1CCC(Nc2cncc(Br)n2)CC1. The molecule has 0 bridgehead atoms. The van der Waals surface area contributed by atoms with E-state index in [-0.39, 0.29) is 0 Å². The number of nitrogens with zero attached hydrogens (tertiary/aromatic N) is 3. The maximum Gasteiger partial charge on any atom is 0.146 e. The second-order valence-electron chi connectivity index (χ2n) is 3.95. The highest BCUT2D eigenvalue weighted by molar-refractivity contribution is 9.10. The summed E-state index contributed by atoms with van der Waals surface area (Å²) in [5.74, 6) is 0.860. The third-order valence-corrected chi connectivity index (χ3v) is 3.06. The fourth-order valence-electron chi connectivity index (χ4n) is 1.77. The maximum absolute atomic E-state index is 4.32. The molecule has 4 nitrogen and oxygen atoms in total. The Balaban J connectivity index is 0.000000741. The van der Waals surface area contributed by atoms with E-state index in [1.165, 1.54) is 12.8 Å². The Morgan fingerprint density at radius 3 is 2.26 bits per heavy atom. The van der Waals surface area contributed by atoms with Gasteiger partial charge in [-0.05, 0) is 48.9 Å². The van der Waals surface area contributed by atoms with Crippen LogP contribution in [0.15, 0.2) is 17.0 Å². The van der Waals surface area contributed by atoms with Gasteiger partial charge in [-0.2, -0.15) is 0 Å². The number of hydrogen-bond acceptors (Lipinski definition) is 4.